The number of pyridine rings is 1. The molecule has 0 aliphatic carbocycles. The highest BCUT2D eigenvalue weighted by atomic mass is 16.3. The fraction of sp³-hybridized carbons (Fsp3) is 0.538. The van der Waals surface area contributed by atoms with Crippen molar-refractivity contribution >= 4 is 11.6 Å². The maximum atomic E-state index is 12.2. The molecule has 1 amide bonds. The van der Waals surface area contributed by atoms with Crippen LogP contribution in [0.3, 0.4) is 0 Å². The average Bonchev–Trinajstić information content (AvgIpc) is 2.19. The molecule has 0 saturated carbocycles. The number of aromatic nitrogens is 1. The minimum Gasteiger partial charge on any atom is -0.397 e. The summed E-state index contributed by atoms with van der Waals surface area (Å²) in [7, 11) is 0. The van der Waals surface area contributed by atoms with Gasteiger partial charge < -0.3 is 16.2 Å². The first kappa shape index (κ1) is 14.4. The third-order valence-electron chi connectivity index (χ3n) is 3.31. The van der Waals surface area contributed by atoms with Gasteiger partial charge >= 0.3 is 0 Å². The average molecular weight is 251 g/mol. The minimum atomic E-state index is -1.04. The van der Waals surface area contributed by atoms with Crippen molar-refractivity contribution in [3.63, 3.8) is 0 Å². The smallest absolute Gasteiger partial charge is 0.253 e. The van der Waals surface area contributed by atoms with Gasteiger partial charge in [-0.1, -0.05) is 0 Å². The zero-order valence-electron chi connectivity index (χ0n) is 11.5. The number of carbonyl (C=O) groups excluding carboxylic acids is 1. The number of nitrogens with two attached hydrogens (primary N) is 1. The molecule has 18 heavy (non-hydrogen) atoms. The summed E-state index contributed by atoms with van der Waals surface area (Å²) in [6, 6.07) is 1.58. The first-order valence-corrected chi connectivity index (χ1v) is 5.81. The van der Waals surface area contributed by atoms with E-state index in [4.69, 9.17) is 5.73 Å². The van der Waals surface area contributed by atoms with Gasteiger partial charge in [0, 0.05) is 0 Å². The van der Waals surface area contributed by atoms with E-state index >= 15 is 0 Å². The van der Waals surface area contributed by atoms with Gasteiger partial charge in [-0.3, -0.25) is 9.78 Å². The number of nitrogens with zero attached hydrogens (tertiary/aromatic N) is 1. The molecule has 0 aliphatic heterocycles. The molecule has 4 N–H and O–H groups in total. The molecular weight excluding hydrogens is 230 g/mol. The van der Waals surface area contributed by atoms with Crippen LogP contribution < -0.4 is 11.1 Å². The van der Waals surface area contributed by atoms with Crippen molar-refractivity contribution in [2.45, 2.75) is 45.8 Å². The van der Waals surface area contributed by atoms with Crippen molar-refractivity contribution in [1.29, 1.82) is 0 Å². The van der Waals surface area contributed by atoms with E-state index in [0.717, 1.165) is 0 Å². The van der Waals surface area contributed by atoms with E-state index in [9.17, 15) is 9.90 Å². The molecule has 1 aromatic heterocycles. The summed E-state index contributed by atoms with van der Waals surface area (Å²) in [5, 5.41) is 12.8. The van der Waals surface area contributed by atoms with Crippen LogP contribution in [0.25, 0.3) is 0 Å². The van der Waals surface area contributed by atoms with E-state index in [1.54, 1.807) is 40.7 Å². The van der Waals surface area contributed by atoms with Gasteiger partial charge in [0.05, 0.1) is 34.3 Å². The Labute approximate surface area is 107 Å². The van der Waals surface area contributed by atoms with Crippen LogP contribution in [-0.2, 0) is 0 Å². The summed E-state index contributed by atoms with van der Waals surface area (Å²) >= 11 is 0. The first-order valence-electron chi connectivity index (χ1n) is 5.81. The number of hydrogen-bond donors (Lipinski definition) is 3. The maximum absolute atomic E-state index is 12.2. The summed E-state index contributed by atoms with van der Waals surface area (Å²) in [5.74, 6) is -0.292. The van der Waals surface area contributed by atoms with Gasteiger partial charge in [0.2, 0.25) is 0 Å². The van der Waals surface area contributed by atoms with Crippen LogP contribution in [0.1, 0.15) is 43.7 Å². The van der Waals surface area contributed by atoms with Crippen LogP contribution in [0, 0.1) is 6.92 Å². The lowest BCUT2D eigenvalue weighted by molar-refractivity contribution is -0.00295. The molecule has 5 nitrogen and oxygen atoms in total. The lowest BCUT2D eigenvalue weighted by atomic mass is 9.85. The van der Waals surface area contributed by atoms with Crippen LogP contribution in [0.15, 0.2) is 12.3 Å². The lowest BCUT2D eigenvalue weighted by Crippen LogP contribution is -2.57. The number of aryl methyl sites for hydroxylation is 1. The Morgan fingerprint density at radius 1 is 1.39 bits per heavy atom. The Morgan fingerprint density at radius 2 is 1.94 bits per heavy atom. The van der Waals surface area contributed by atoms with Crippen LogP contribution >= 0.6 is 0 Å². The second kappa shape index (κ2) is 4.57. The second-order valence-corrected chi connectivity index (χ2v) is 5.54. The SMILES string of the molecule is Cc1ncc(N)cc1C(=O)NC(C)(C)C(C)(C)O. The largest absolute Gasteiger partial charge is 0.397 e. The molecule has 0 bridgehead atoms. The minimum absolute atomic E-state index is 0.292. The zero-order chi connectivity index (χ0) is 14.1. The van der Waals surface area contributed by atoms with E-state index in [1.807, 2.05) is 0 Å². The number of nitrogens with one attached hydrogen (secondary N) is 1. The molecule has 1 aromatic rings. The Balaban J connectivity index is 3.00. The van der Waals surface area contributed by atoms with Gasteiger partial charge in [0.25, 0.3) is 5.91 Å². The maximum Gasteiger partial charge on any atom is 0.253 e. The number of rotatable bonds is 3. The third-order valence-corrected chi connectivity index (χ3v) is 3.31. The number of aliphatic hydroxyl groups is 1. The molecule has 1 rings (SSSR count). The molecule has 0 aliphatic rings. The highest BCUT2D eigenvalue weighted by Crippen LogP contribution is 2.21. The van der Waals surface area contributed by atoms with E-state index in [1.165, 1.54) is 6.20 Å². The topological polar surface area (TPSA) is 88.2 Å². The summed E-state index contributed by atoms with van der Waals surface area (Å²) in [6.07, 6.45) is 1.51. The van der Waals surface area contributed by atoms with Crippen LogP contribution in [0.5, 0.6) is 0 Å². The molecule has 0 fully saturated rings. The summed E-state index contributed by atoms with van der Waals surface area (Å²) < 4.78 is 0. The Hall–Kier alpha value is -1.62. The van der Waals surface area contributed by atoms with Crippen molar-refractivity contribution in [3.05, 3.63) is 23.5 Å². The quantitative estimate of drug-likeness (QED) is 0.754. The van der Waals surface area contributed by atoms with Crippen molar-refractivity contribution in [3.8, 4) is 0 Å². The van der Waals surface area contributed by atoms with E-state index in [0.29, 0.717) is 16.9 Å². The van der Waals surface area contributed by atoms with Crippen LogP contribution in [0.4, 0.5) is 5.69 Å². The predicted octanol–water partition coefficient (Wildman–Crippen LogP) is 1.25. The van der Waals surface area contributed by atoms with Crippen molar-refractivity contribution in [1.82, 2.24) is 10.3 Å². The standard InChI is InChI=1S/C13H21N3O2/c1-8-10(6-9(14)7-15-8)11(17)16-12(2,3)13(4,5)18/h6-7,18H,14H2,1-5H3,(H,16,17). The Bertz CT molecular complexity index is 462. The molecule has 0 saturated heterocycles. The number of hydrogen-bond acceptors (Lipinski definition) is 4. The number of carbonyl (C=O) groups is 1. The Morgan fingerprint density at radius 3 is 2.44 bits per heavy atom. The van der Waals surface area contributed by atoms with Crippen molar-refractivity contribution < 1.29 is 9.90 Å². The monoisotopic (exact) mass is 251 g/mol. The number of nitrogen functional groups attached to an aromatic ring is 1. The van der Waals surface area contributed by atoms with Crippen molar-refractivity contribution in [2.75, 3.05) is 5.73 Å². The van der Waals surface area contributed by atoms with Gasteiger partial charge in [-0.15, -0.1) is 0 Å². The number of anilines is 1. The van der Waals surface area contributed by atoms with E-state index in [2.05, 4.69) is 10.3 Å². The fourth-order valence-corrected chi connectivity index (χ4v) is 1.28. The van der Waals surface area contributed by atoms with E-state index < -0.39 is 11.1 Å². The van der Waals surface area contributed by atoms with Gasteiger partial charge in [-0.05, 0) is 40.7 Å². The molecule has 0 atom stereocenters. The molecule has 0 spiro atoms. The summed E-state index contributed by atoms with van der Waals surface area (Å²) in [4.78, 5) is 16.2. The first-order chi connectivity index (χ1) is 8.04. The Kier molecular flexibility index (Phi) is 3.67. The normalized spacial score (nSPS) is 12.3. The van der Waals surface area contributed by atoms with Gasteiger partial charge in [0.15, 0.2) is 0 Å². The van der Waals surface area contributed by atoms with Gasteiger partial charge in [-0.2, -0.15) is 0 Å². The second-order valence-electron chi connectivity index (χ2n) is 5.54. The third kappa shape index (κ3) is 2.98. The van der Waals surface area contributed by atoms with Gasteiger partial charge in [-0.25, -0.2) is 0 Å². The summed E-state index contributed by atoms with van der Waals surface area (Å²) in [6.45, 7) is 8.57. The van der Waals surface area contributed by atoms with E-state index in [-0.39, 0.29) is 5.91 Å². The molecule has 100 valence electrons. The van der Waals surface area contributed by atoms with Crippen LogP contribution in [0.2, 0.25) is 0 Å². The highest BCUT2D eigenvalue weighted by Gasteiger charge is 2.36. The molecule has 1 heterocycles. The van der Waals surface area contributed by atoms with Crippen LogP contribution in [-0.4, -0.2) is 27.1 Å². The molecule has 0 unspecified atom stereocenters. The molecular formula is C13H21N3O2. The van der Waals surface area contributed by atoms with Gasteiger partial charge in [0.1, 0.15) is 0 Å². The van der Waals surface area contributed by atoms with Crippen molar-refractivity contribution in [2.24, 2.45) is 0 Å². The highest BCUT2D eigenvalue weighted by molar-refractivity contribution is 5.96. The molecule has 5 heteroatoms. The molecule has 0 radical (unpaired) electrons. The number of amides is 1. The molecule has 0 aromatic carbocycles. The summed E-state index contributed by atoms with van der Waals surface area (Å²) in [5.41, 5.74) is 5.29. The fourth-order valence-electron chi connectivity index (χ4n) is 1.28. The zero-order valence-corrected chi connectivity index (χ0v) is 11.5. The predicted molar refractivity (Wildman–Crippen MR) is 71.2 cm³/mol. The lowest BCUT2D eigenvalue weighted by Gasteiger charge is -2.38.